The van der Waals surface area contributed by atoms with E-state index < -0.39 is 46.8 Å². The average Bonchev–Trinajstić information content (AvgIpc) is 3.51. The van der Waals surface area contributed by atoms with E-state index in [1.54, 1.807) is 36.7 Å². The van der Waals surface area contributed by atoms with Gasteiger partial charge in [0.1, 0.15) is 23.7 Å². The van der Waals surface area contributed by atoms with Gasteiger partial charge >= 0.3 is 0 Å². The number of rotatable bonds is 13. The normalized spacial score (nSPS) is 14.8. The average molecular weight is 868 g/mol. The Morgan fingerprint density at radius 3 is 2.39 bits per heavy atom. The molecule has 2 aliphatic rings. The molecule has 6 aromatic rings. The second kappa shape index (κ2) is 17.5. The minimum Gasteiger partial charge on any atom is -0.493 e. The van der Waals surface area contributed by atoms with Crippen molar-refractivity contribution in [2.75, 3.05) is 17.2 Å². The fraction of sp³-hybridized carbons (Fsp3) is 0.255. The fourth-order valence-corrected chi connectivity index (χ4v) is 7.90. The lowest BCUT2D eigenvalue weighted by Crippen LogP contribution is -2.54. The number of aryl methyl sites for hydroxylation is 3. The Labute approximate surface area is 364 Å². The lowest BCUT2D eigenvalue weighted by atomic mass is 10.0. The number of hydrogen-bond acceptors (Lipinski definition) is 11. The zero-order valence-electron chi connectivity index (χ0n) is 35.3. The number of pyridine rings is 1. The Morgan fingerprint density at radius 2 is 1.62 bits per heavy atom. The van der Waals surface area contributed by atoms with E-state index >= 15 is 4.39 Å². The molecule has 0 bridgehead atoms. The van der Waals surface area contributed by atoms with E-state index in [9.17, 15) is 33.6 Å². The first kappa shape index (κ1) is 42.9. The van der Waals surface area contributed by atoms with Gasteiger partial charge < -0.3 is 24.7 Å². The summed E-state index contributed by atoms with van der Waals surface area (Å²) < 4.78 is 29.2. The van der Waals surface area contributed by atoms with Crippen LogP contribution in [0.2, 0.25) is 0 Å². The molecule has 0 radical (unpaired) electrons. The van der Waals surface area contributed by atoms with Gasteiger partial charge in [-0.25, -0.2) is 14.4 Å². The van der Waals surface area contributed by atoms with Gasteiger partial charge in [0.2, 0.25) is 29.0 Å². The molecule has 17 heteroatoms. The lowest BCUT2D eigenvalue weighted by molar-refractivity contribution is -0.136. The molecule has 2 aromatic heterocycles. The summed E-state index contributed by atoms with van der Waals surface area (Å²) in [5, 5.41) is 8.48. The number of amides is 6. The lowest BCUT2D eigenvalue weighted by Gasteiger charge is -2.27. The Morgan fingerprint density at radius 1 is 0.859 bits per heavy atom. The summed E-state index contributed by atoms with van der Waals surface area (Å²) in [5.41, 5.74) is 3.53. The van der Waals surface area contributed by atoms with Gasteiger partial charge in [-0.15, -0.1) is 0 Å². The van der Waals surface area contributed by atoms with E-state index in [0.29, 0.717) is 51.8 Å². The van der Waals surface area contributed by atoms with Gasteiger partial charge in [0, 0.05) is 54.5 Å². The summed E-state index contributed by atoms with van der Waals surface area (Å²) in [7, 11) is 1.78. The van der Waals surface area contributed by atoms with Crippen molar-refractivity contribution in [2.45, 2.75) is 65.3 Å². The third-order valence-corrected chi connectivity index (χ3v) is 11.5. The number of halogens is 1. The first-order valence-electron chi connectivity index (χ1n) is 20.7. The number of ether oxygens (including phenoxy) is 2. The van der Waals surface area contributed by atoms with Crippen molar-refractivity contribution in [3.05, 3.63) is 123 Å². The van der Waals surface area contributed by atoms with Crippen molar-refractivity contribution >= 4 is 68.6 Å². The second-order valence-corrected chi connectivity index (χ2v) is 15.6. The highest BCUT2D eigenvalue weighted by atomic mass is 19.1. The highest BCUT2D eigenvalue weighted by Crippen LogP contribution is 2.34. The van der Waals surface area contributed by atoms with Crippen LogP contribution in [0.4, 0.5) is 15.8 Å². The highest BCUT2D eigenvalue weighted by Gasteiger charge is 2.44. The minimum atomic E-state index is -1.09. The predicted octanol–water partition coefficient (Wildman–Crippen LogP) is 6.43. The Balaban J connectivity index is 0.850. The number of piperidine rings is 1. The quantitative estimate of drug-likeness (QED) is 0.0851. The maximum atomic E-state index is 15.5. The van der Waals surface area contributed by atoms with Gasteiger partial charge in [-0.3, -0.25) is 43.8 Å². The molecule has 0 spiro atoms. The van der Waals surface area contributed by atoms with Crippen molar-refractivity contribution < 1.29 is 42.6 Å². The summed E-state index contributed by atoms with van der Waals surface area (Å²) in [6.45, 7) is 5.77. The van der Waals surface area contributed by atoms with Gasteiger partial charge in [-0.1, -0.05) is 13.0 Å². The Hall–Kier alpha value is -7.82. The largest absolute Gasteiger partial charge is 0.493 e. The number of imide groups is 2. The molecule has 0 aliphatic carbocycles. The molecular formula is C47H42FN7O9. The molecule has 3 N–H and O–H groups in total. The number of unbranched alkanes of at least 4 members (excludes halogenated alkanes) is 1. The summed E-state index contributed by atoms with van der Waals surface area (Å²) in [5.74, 6) is -3.73. The van der Waals surface area contributed by atoms with Crippen LogP contribution in [0, 0.1) is 19.7 Å². The maximum absolute atomic E-state index is 15.5. The number of nitrogens with one attached hydrogen (secondary N) is 3. The smallest absolute Gasteiger partial charge is 0.262 e. The predicted molar refractivity (Wildman–Crippen MR) is 233 cm³/mol. The van der Waals surface area contributed by atoms with Crippen LogP contribution in [0.15, 0.2) is 77.9 Å². The van der Waals surface area contributed by atoms with E-state index in [-0.39, 0.29) is 65.8 Å². The molecule has 16 nitrogen and oxygen atoms in total. The molecule has 64 heavy (non-hydrogen) atoms. The summed E-state index contributed by atoms with van der Waals surface area (Å²) in [6.07, 6.45) is 3.20. The number of benzene rings is 4. The summed E-state index contributed by atoms with van der Waals surface area (Å²) >= 11 is 0. The molecule has 326 valence electrons. The number of carbonyl (C=O) groups is 6. The van der Waals surface area contributed by atoms with Gasteiger partial charge in [-0.2, -0.15) is 0 Å². The Bertz CT molecular complexity index is 3040. The maximum Gasteiger partial charge on any atom is 0.262 e. The number of aromatic nitrogens is 3. The number of fused-ring (bicyclic) bond motifs is 3. The van der Waals surface area contributed by atoms with Crippen LogP contribution in [0.1, 0.15) is 86.9 Å². The van der Waals surface area contributed by atoms with Crippen LogP contribution in [-0.2, 0) is 27.9 Å². The standard InChI is InChI=1S/C47H42FN7O9/c1-5-26-9-13-35-32(19-26)42(58)41(25(3)54(35)4)44(60)52-28-11-15-37(33(48)21-28)64-45-31-18-24(2)38(22-34(31)49-23-50-45)63-17-7-6-8-39(56)51-27-10-12-29-30(20-27)47(62)55(46(29)61)36-14-16-40(57)53-43(36)59/h9-13,15,18-23,36H,5-8,14,16-17H2,1-4H3,(H,51,56)(H,52,60)(H,53,57,59). The zero-order chi connectivity index (χ0) is 45.4. The number of hydrogen-bond donors (Lipinski definition) is 3. The molecule has 6 amide bonds. The molecular weight excluding hydrogens is 826 g/mol. The van der Waals surface area contributed by atoms with E-state index in [0.717, 1.165) is 28.5 Å². The van der Waals surface area contributed by atoms with Gasteiger partial charge in [-0.05, 0) is 99.2 Å². The first-order valence-corrected chi connectivity index (χ1v) is 20.7. The molecule has 1 atom stereocenters. The third-order valence-electron chi connectivity index (χ3n) is 11.5. The molecule has 1 unspecified atom stereocenters. The van der Waals surface area contributed by atoms with E-state index in [4.69, 9.17) is 9.47 Å². The minimum absolute atomic E-state index is 0.0105. The van der Waals surface area contributed by atoms with E-state index in [2.05, 4.69) is 25.9 Å². The van der Waals surface area contributed by atoms with Crippen LogP contribution in [-0.4, -0.2) is 67.5 Å². The van der Waals surface area contributed by atoms with Gasteiger partial charge in [0.25, 0.3) is 17.7 Å². The fourth-order valence-electron chi connectivity index (χ4n) is 7.90. The van der Waals surface area contributed by atoms with Crippen LogP contribution < -0.4 is 30.9 Å². The van der Waals surface area contributed by atoms with Gasteiger partial charge in [0.15, 0.2) is 11.6 Å². The van der Waals surface area contributed by atoms with Crippen molar-refractivity contribution in [2.24, 2.45) is 7.05 Å². The molecule has 0 saturated carbocycles. The highest BCUT2D eigenvalue weighted by molar-refractivity contribution is 6.24. The summed E-state index contributed by atoms with van der Waals surface area (Å²) in [6, 6.07) is 16.3. The van der Waals surface area contributed by atoms with Crippen molar-refractivity contribution in [1.29, 1.82) is 0 Å². The van der Waals surface area contributed by atoms with Crippen LogP contribution in [0.3, 0.4) is 0 Å². The first-order chi connectivity index (χ1) is 30.7. The molecule has 2 aliphatic heterocycles. The number of nitrogens with zero attached hydrogens (tertiary/aromatic N) is 4. The topological polar surface area (TPSA) is 208 Å². The molecule has 1 fully saturated rings. The van der Waals surface area contributed by atoms with Crippen LogP contribution in [0.25, 0.3) is 21.8 Å². The van der Waals surface area contributed by atoms with Crippen LogP contribution in [0.5, 0.6) is 17.4 Å². The zero-order valence-corrected chi connectivity index (χ0v) is 35.3. The molecule has 4 heterocycles. The monoisotopic (exact) mass is 867 g/mol. The van der Waals surface area contributed by atoms with Crippen molar-refractivity contribution in [1.82, 2.24) is 24.8 Å². The van der Waals surface area contributed by atoms with Gasteiger partial charge in [0.05, 0.1) is 34.2 Å². The molecule has 8 rings (SSSR count). The van der Waals surface area contributed by atoms with Crippen molar-refractivity contribution in [3.63, 3.8) is 0 Å². The van der Waals surface area contributed by atoms with Crippen LogP contribution >= 0.6 is 0 Å². The number of carbonyl (C=O) groups excluding carboxylic acids is 6. The SMILES string of the molecule is CCc1ccc2c(c1)c(=O)c(C(=O)Nc1ccc(Oc3ncnc4cc(OCCCCC(=O)Nc5ccc6c(c5)C(=O)N(C5CCC(=O)NC5=O)C6=O)c(C)cc34)c(F)c1)c(C)n2C. The van der Waals surface area contributed by atoms with E-state index in [1.165, 1.54) is 36.7 Å². The molecule has 1 saturated heterocycles. The summed E-state index contributed by atoms with van der Waals surface area (Å²) in [4.78, 5) is 99.1. The van der Waals surface area contributed by atoms with Crippen molar-refractivity contribution in [3.8, 4) is 17.4 Å². The van der Waals surface area contributed by atoms with E-state index in [1.807, 2.05) is 26.0 Å². The Kier molecular flexibility index (Phi) is 11.7. The molecule has 4 aromatic carbocycles. The third kappa shape index (κ3) is 8.26. The second-order valence-electron chi connectivity index (χ2n) is 15.6. The number of anilines is 2.